The molecule has 8 heteroatoms. The van der Waals surface area contributed by atoms with Gasteiger partial charge in [0.1, 0.15) is 11.5 Å². The molecule has 0 radical (unpaired) electrons. The van der Waals surface area contributed by atoms with Gasteiger partial charge in [-0.05, 0) is 32.6 Å². The quantitative estimate of drug-likeness (QED) is 0.858. The molecule has 3 aliphatic rings. The third-order valence-electron chi connectivity index (χ3n) is 6.39. The number of aromatic nitrogens is 2. The first-order valence-corrected chi connectivity index (χ1v) is 10.2. The van der Waals surface area contributed by atoms with Crippen molar-refractivity contribution in [2.24, 2.45) is 0 Å². The van der Waals surface area contributed by atoms with Crippen LogP contribution in [0.15, 0.2) is 10.6 Å². The predicted octanol–water partition coefficient (Wildman–Crippen LogP) is 2.48. The van der Waals surface area contributed by atoms with Gasteiger partial charge in [0.05, 0.1) is 6.10 Å². The number of furan rings is 1. The highest BCUT2D eigenvalue weighted by Gasteiger charge is 2.52. The van der Waals surface area contributed by atoms with Crippen LogP contribution in [0.4, 0.5) is 4.79 Å². The Bertz CT molecular complexity index is 993. The normalized spacial score (nSPS) is 21.0. The maximum Gasteiger partial charge on any atom is 0.344 e. The van der Waals surface area contributed by atoms with Gasteiger partial charge >= 0.3 is 6.03 Å². The summed E-state index contributed by atoms with van der Waals surface area (Å²) in [6.07, 6.45) is 6.78. The van der Waals surface area contributed by atoms with Crippen molar-refractivity contribution in [3.8, 4) is 11.3 Å². The molecule has 1 N–H and O–H groups in total. The van der Waals surface area contributed by atoms with E-state index in [9.17, 15) is 9.59 Å². The molecule has 3 heterocycles. The van der Waals surface area contributed by atoms with Crippen LogP contribution in [0.2, 0.25) is 0 Å². The number of carbonyl (C=O) groups is 2. The molecule has 1 atom stereocenters. The number of rotatable bonds is 3. The topological polar surface area (TPSA) is 89.6 Å². The predicted molar refractivity (Wildman–Crippen MR) is 105 cm³/mol. The summed E-state index contributed by atoms with van der Waals surface area (Å²) in [6, 6.07) is -0.188. The van der Waals surface area contributed by atoms with Crippen LogP contribution in [0, 0.1) is 6.92 Å². The zero-order valence-electron chi connectivity index (χ0n) is 17.1. The summed E-state index contributed by atoms with van der Waals surface area (Å²) in [5, 5.41) is 7.55. The number of amides is 2. The maximum atomic E-state index is 12.8. The average Bonchev–Trinajstić information content (AvgIpc) is 3.08. The van der Waals surface area contributed by atoms with Crippen molar-refractivity contribution in [2.75, 3.05) is 27.2 Å². The third kappa shape index (κ3) is 2.88. The fraction of sp³-hybridized carbons (Fsp3) is 0.571. The first kappa shape index (κ1) is 18.4. The highest BCUT2D eigenvalue weighted by Crippen LogP contribution is 2.58. The zero-order chi connectivity index (χ0) is 20.3. The number of hydrogen-bond acceptors (Lipinski definition) is 5. The van der Waals surface area contributed by atoms with Crippen LogP contribution in [0.5, 0.6) is 0 Å². The minimum absolute atomic E-state index is 0.0110. The average molecular weight is 398 g/mol. The van der Waals surface area contributed by atoms with Crippen molar-refractivity contribution in [3.05, 3.63) is 28.8 Å². The van der Waals surface area contributed by atoms with Crippen molar-refractivity contribution >= 4 is 11.9 Å². The molecule has 1 spiro atoms. The largest absolute Gasteiger partial charge is 0.455 e. The molecule has 2 aromatic rings. The molecule has 0 aromatic carbocycles. The molecule has 0 unspecified atom stereocenters. The summed E-state index contributed by atoms with van der Waals surface area (Å²) in [5.74, 6) is 0.921. The second-order valence-corrected chi connectivity index (χ2v) is 8.67. The number of hydrogen-bond donors (Lipinski definition) is 1. The molecule has 2 aliphatic carbocycles. The van der Waals surface area contributed by atoms with E-state index < -0.39 is 0 Å². The Kier molecular flexibility index (Phi) is 4.10. The zero-order valence-corrected chi connectivity index (χ0v) is 17.1. The van der Waals surface area contributed by atoms with Gasteiger partial charge in [-0.2, -0.15) is 9.78 Å². The van der Waals surface area contributed by atoms with E-state index in [0.29, 0.717) is 12.3 Å². The van der Waals surface area contributed by atoms with Crippen molar-refractivity contribution in [2.45, 2.75) is 50.5 Å². The van der Waals surface area contributed by atoms with Crippen LogP contribution >= 0.6 is 0 Å². The molecule has 5 rings (SSSR count). The molecule has 8 nitrogen and oxygen atoms in total. The summed E-state index contributed by atoms with van der Waals surface area (Å²) in [6.45, 7) is 3.14. The van der Waals surface area contributed by atoms with Gasteiger partial charge in [-0.3, -0.25) is 4.79 Å². The van der Waals surface area contributed by atoms with Crippen molar-refractivity contribution < 1.29 is 18.7 Å². The van der Waals surface area contributed by atoms with E-state index in [4.69, 9.17) is 9.15 Å². The Morgan fingerprint density at radius 1 is 1.38 bits per heavy atom. The van der Waals surface area contributed by atoms with Crippen LogP contribution in [-0.2, 0) is 16.6 Å². The monoisotopic (exact) mass is 398 g/mol. The second kappa shape index (κ2) is 6.45. The number of nitrogens with one attached hydrogen (secondary N) is 1. The van der Waals surface area contributed by atoms with E-state index >= 15 is 0 Å². The van der Waals surface area contributed by atoms with Crippen molar-refractivity contribution in [1.29, 1.82) is 0 Å². The van der Waals surface area contributed by atoms with Crippen molar-refractivity contribution in [3.63, 3.8) is 0 Å². The van der Waals surface area contributed by atoms with Gasteiger partial charge < -0.3 is 19.4 Å². The lowest BCUT2D eigenvalue weighted by Crippen LogP contribution is -2.31. The minimum Gasteiger partial charge on any atom is -0.455 e. The van der Waals surface area contributed by atoms with Gasteiger partial charge in [-0.25, -0.2) is 4.79 Å². The van der Waals surface area contributed by atoms with Gasteiger partial charge in [-0.15, -0.1) is 0 Å². The van der Waals surface area contributed by atoms with E-state index in [1.165, 1.54) is 9.58 Å². The van der Waals surface area contributed by atoms with Crippen LogP contribution in [0.25, 0.3) is 11.3 Å². The van der Waals surface area contributed by atoms with Gasteiger partial charge in [0.15, 0.2) is 5.76 Å². The molecule has 2 aromatic heterocycles. The fourth-order valence-corrected chi connectivity index (χ4v) is 4.57. The lowest BCUT2D eigenvalue weighted by molar-refractivity contribution is 0.0833. The van der Waals surface area contributed by atoms with Gasteiger partial charge in [-0.1, -0.05) is 0 Å². The first-order chi connectivity index (χ1) is 13.9. The smallest absolute Gasteiger partial charge is 0.344 e. The van der Waals surface area contributed by atoms with Gasteiger partial charge in [0.2, 0.25) is 0 Å². The highest BCUT2D eigenvalue weighted by molar-refractivity contribution is 5.96. The van der Waals surface area contributed by atoms with Gasteiger partial charge in [0, 0.05) is 62.0 Å². The Hall–Kier alpha value is -2.61. The molecule has 1 saturated heterocycles. The molecule has 2 amide bonds. The Morgan fingerprint density at radius 2 is 2.17 bits per heavy atom. The molecule has 2 fully saturated rings. The lowest BCUT2D eigenvalue weighted by Gasteiger charge is -2.19. The summed E-state index contributed by atoms with van der Waals surface area (Å²) in [5.41, 5.74) is 3.51. The number of fused-ring (bicyclic) bond motifs is 4. The summed E-state index contributed by atoms with van der Waals surface area (Å²) in [7, 11) is 3.42. The fourth-order valence-electron chi connectivity index (χ4n) is 4.57. The lowest BCUT2D eigenvalue weighted by atomic mass is 9.82. The Balaban J connectivity index is 1.48. The van der Waals surface area contributed by atoms with Crippen LogP contribution < -0.4 is 5.32 Å². The van der Waals surface area contributed by atoms with E-state index in [-0.39, 0.29) is 23.5 Å². The molecule has 1 saturated carbocycles. The standard InChI is InChI=1S/C21H26N4O4/c1-12-16-15(29-18(12)19(26)22-10-13-5-4-8-28-13)9-21(6-7-21)14-11-25(23-17(14)16)20(27)24(2)3/h11,13H,4-10H2,1-3H3,(H,22,26)/t13-/m0/s1. The van der Waals surface area contributed by atoms with E-state index in [1.807, 2.05) is 13.1 Å². The van der Waals surface area contributed by atoms with E-state index in [1.54, 1.807) is 14.1 Å². The van der Waals surface area contributed by atoms with E-state index in [2.05, 4.69) is 10.4 Å². The van der Waals surface area contributed by atoms with Crippen LogP contribution in [-0.4, -0.2) is 60.0 Å². The number of carbonyl (C=O) groups excluding carboxylic acids is 2. The summed E-state index contributed by atoms with van der Waals surface area (Å²) < 4.78 is 13.1. The highest BCUT2D eigenvalue weighted by atomic mass is 16.5. The minimum atomic E-state index is -0.220. The number of nitrogens with zero attached hydrogens (tertiary/aromatic N) is 3. The van der Waals surface area contributed by atoms with Gasteiger partial charge in [0.25, 0.3) is 5.91 Å². The first-order valence-electron chi connectivity index (χ1n) is 10.2. The molecule has 1 aliphatic heterocycles. The summed E-state index contributed by atoms with van der Waals surface area (Å²) in [4.78, 5) is 26.7. The second-order valence-electron chi connectivity index (χ2n) is 8.67. The third-order valence-corrected chi connectivity index (χ3v) is 6.39. The van der Waals surface area contributed by atoms with Crippen LogP contribution in [0.1, 0.15) is 53.1 Å². The summed E-state index contributed by atoms with van der Waals surface area (Å²) >= 11 is 0. The molecule has 0 bridgehead atoms. The SMILES string of the molecule is Cc1c(C(=O)NC[C@@H]2CCCO2)oc2c1-c1nn(C(=O)N(C)C)cc1C1(CC1)C2. The molecular weight excluding hydrogens is 372 g/mol. The Morgan fingerprint density at radius 3 is 2.83 bits per heavy atom. The Labute approximate surface area is 169 Å². The molecule has 154 valence electrons. The maximum absolute atomic E-state index is 12.8. The molecule has 29 heavy (non-hydrogen) atoms. The van der Waals surface area contributed by atoms with E-state index in [0.717, 1.165) is 66.9 Å². The molecular formula is C21H26N4O4. The number of ether oxygens (including phenoxy) is 1. The van der Waals surface area contributed by atoms with Crippen molar-refractivity contribution in [1.82, 2.24) is 20.0 Å². The van der Waals surface area contributed by atoms with Crippen LogP contribution in [0.3, 0.4) is 0 Å².